The van der Waals surface area contributed by atoms with Crippen LogP contribution in [0.15, 0.2) is 211 Å². The summed E-state index contributed by atoms with van der Waals surface area (Å²) in [4.78, 5) is 12.9. The third-order valence-corrected chi connectivity index (χ3v) is 13.3. The van der Waals surface area contributed by atoms with E-state index in [-0.39, 0.29) is 18.2 Å². The molecule has 4 aliphatic heterocycles. The molecule has 2 N–H and O–H groups in total. The van der Waals surface area contributed by atoms with Gasteiger partial charge in [0.25, 0.3) is 0 Å². The van der Waals surface area contributed by atoms with Crippen LogP contribution in [0.1, 0.15) is 34.5 Å². The van der Waals surface area contributed by atoms with Crippen LogP contribution in [0.5, 0.6) is 0 Å². The average molecular weight is 830 g/mol. The summed E-state index contributed by atoms with van der Waals surface area (Å²) < 4.78 is 2.49. The van der Waals surface area contributed by atoms with Crippen molar-refractivity contribution in [3.63, 3.8) is 0 Å². The van der Waals surface area contributed by atoms with Gasteiger partial charge < -0.3 is 20.4 Å². The number of fused-ring (bicyclic) bond motifs is 8. The number of anilines is 3. The molecule has 0 saturated carbocycles. The van der Waals surface area contributed by atoms with Crippen LogP contribution in [-0.2, 0) is 0 Å². The Morgan fingerprint density at radius 2 is 1.16 bits per heavy atom. The fourth-order valence-corrected chi connectivity index (χ4v) is 10.3. The number of likely N-dealkylation sites (N-methyl/N-ethyl adjacent to an activating group) is 2. The largest absolute Gasteiger partial charge is 0.362 e. The van der Waals surface area contributed by atoms with Crippen LogP contribution in [0.3, 0.4) is 0 Å². The number of hydrogen-bond acceptors (Lipinski definition) is 6. The van der Waals surface area contributed by atoms with Crippen molar-refractivity contribution in [1.29, 1.82) is 0 Å². The second kappa shape index (κ2) is 15.5. The van der Waals surface area contributed by atoms with E-state index in [4.69, 9.17) is 4.99 Å². The smallest absolute Gasteiger partial charge is 0.201 e. The van der Waals surface area contributed by atoms with E-state index < -0.39 is 6.29 Å². The second-order valence-electron chi connectivity index (χ2n) is 17.0. The van der Waals surface area contributed by atoms with Crippen LogP contribution >= 0.6 is 0 Å². The molecular weight excluding hydrogens is 783 g/mol. The van der Waals surface area contributed by atoms with Crippen molar-refractivity contribution in [2.24, 2.45) is 4.99 Å². The maximum absolute atomic E-state index is 5.71. The van der Waals surface area contributed by atoms with Crippen molar-refractivity contribution in [2.75, 3.05) is 23.9 Å². The second-order valence-corrected chi connectivity index (χ2v) is 17.0. The number of hydrogen-bond donors (Lipinski definition) is 2. The summed E-state index contributed by atoms with van der Waals surface area (Å²) in [5.74, 6) is 1.04. The summed E-state index contributed by atoms with van der Waals surface area (Å²) in [6.45, 7) is 0. The molecule has 0 saturated heterocycles. The van der Waals surface area contributed by atoms with Crippen LogP contribution in [0, 0.1) is 0 Å². The quantitative estimate of drug-likeness (QED) is 0.175. The number of para-hydroxylation sites is 4. The first-order chi connectivity index (χ1) is 31.6. The number of rotatable bonds is 6. The van der Waals surface area contributed by atoms with Crippen molar-refractivity contribution < 1.29 is 0 Å². The van der Waals surface area contributed by atoms with Gasteiger partial charge in [0.2, 0.25) is 6.29 Å². The molecule has 64 heavy (non-hydrogen) atoms. The van der Waals surface area contributed by atoms with Gasteiger partial charge in [0, 0.05) is 40.5 Å². The van der Waals surface area contributed by atoms with E-state index in [0.29, 0.717) is 0 Å². The van der Waals surface area contributed by atoms with E-state index in [9.17, 15) is 0 Å². The number of benzene rings is 7. The molecule has 4 atom stereocenters. The van der Waals surface area contributed by atoms with Gasteiger partial charge >= 0.3 is 0 Å². The standard InChI is InChI=1S/C57H47N7/c1-61-47-30-16-12-24-40(47)34-35-51(61)46-36-45(38-20-6-3-7-21-38)58-57(59-46)63-48-31-17-13-27-42(48)54-43-28-14-18-32-49(43)64(55(54)44-29-15-19-33-50(44)63)53-37-52(39-22-8-4-9-23-39)62(2)56(60-53)41-25-10-5-11-26-41/h3-37,51-52,56-58,60H,1-2H3. The number of nitrogens with zero attached hydrogens (tertiary/aromatic N) is 5. The van der Waals surface area contributed by atoms with Gasteiger partial charge in [-0.15, -0.1) is 0 Å². The Balaban J connectivity index is 1.08. The van der Waals surface area contributed by atoms with Gasteiger partial charge in [-0.2, -0.15) is 0 Å². The first kappa shape index (κ1) is 37.9. The van der Waals surface area contributed by atoms with Crippen molar-refractivity contribution in [3.05, 3.63) is 229 Å². The predicted octanol–water partition coefficient (Wildman–Crippen LogP) is 12.1. The van der Waals surface area contributed by atoms with Crippen LogP contribution in [0.2, 0.25) is 0 Å². The lowest BCUT2D eigenvalue weighted by molar-refractivity contribution is 0.174. The highest BCUT2D eigenvalue weighted by atomic mass is 15.4. The van der Waals surface area contributed by atoms with E-state index in [1.807, 2.05) is 0 Å². The molecule has 4 unspecified atom stereocenters. The van der Waals surface area contributed by atoms with Crippen molar-refractivity contribution >= 4 is 51.3 Å². The topological polar surface area (TPSA) is 51.1 Å². The molecule has 8 aromatic rings. The lowest BCUT2D eigenvalue weighted by Crippen LogP contribution is -2.47. The summed E-state index contributed by atoms with van der Waals surface area (Å²) in [5.41, 5.74) is 15.9. The maximum atomic E-state index is 5.71. The minimum atomic E-state index is -0.481. The van der Waals surface area contributed by atoms with E-state index in [1.165, 1.54) is 33.3 Å². The fraction of sp³-hybridized carbons (Fsp3) is 0.105. The SMILES string of the molecule is CN1c2ccccc2C=CC1C1=NC(N2c3ccccc3-c3c(n(C4=CC(c5ccccc5)N(C)C(c5ccccc5)N4)c4ccccc34)-c3ccccc32)NC(c2ccccc2)=C1. The van der Waals surface area contributed by atoms with Crippen molar-refractivity contribution in [3.8, 4) is 22.4 Å². The minimum absolute atomic E-state index is 0.00519. The van der Waals surface area contributed by atoms with Gasteiger partial charge in [-0.1, -0.05) is 176 Å². The zero-order valence-electron chi connectivity index (χ0n) is 35.8. The van der Waals surface area contributed by atoms with E-state index in [0.717, 1.165) is 56.5 Å². The summed E-state index contributed by atoms with van der Waals surface area (Å²) >= 11 is 0. The Morgan fingerprint density at radius 3 is 1.92 bits per heavy atom. The molecule has 12 rings (SSSR count). The zero-order chi connectivity index (χ0) is 42.7. The van der Waals surface area contributed by atoms with E-state index >= 15 is 0 Å². The Labute approximate surface area is 374 Å². The Bertz CT molecular complexity index is 3180. The average Bonchev–Trinajstić information content (AvgIpc) is 3.64. The molecule has 0 fully saturated rings. The van der Waals surface area contributed by atoms with E-state index in [2.05, 4.69) is 256 Å². The molecule has 7 nitrogen and oxygen atoms in total. The summed E-state index contributed by atoms with van der Waals surface area (Å²) in [7, 11) is 4.40. The number of aliphatic imine (C=N–C) groups is 1. The van der Waals surface area contributed by atoms with Crippen molar-refractivity contribution in [2.45, 2.75) is 24.5 Å². The molecule has 7 heteroatoms. The molecule has 310 valence electrons. The number of aromatic nitrogens is 1. The van der Waals surface area contributed by atoms with Gasteiger partial charge in [-0.25, -0.2) is 4.99 Å². The first-order valence-corrected chi connectivity index (χ1v) is 22.1. The van der Waals surface area contributed by atoms with Crippen LogP contribution in [0.25, 0.3) is 50.9 Å². The summed E-state index contributed by atoms with van der Waals surface area (Å²) in [5, 5.41) is 9.22. The third kappa shape index (κ3) is 6.19. The highest BCUT2D eigenvalue weighted by molar-refractivity contribution is 6.13. The van der Waals surface area contributed by atoms with E-state index in [1.54, 1.807) is 0 Å². The minimum Gasteiger partial charge on any atom is -0.362 e. The maximum Gasteiger partial charge on any atom is 0.201 e. The monoisotopic (exact) mass is 829 g/mol. The Hall–Kier alpha value is -7.87. The lowest BCUT2D eigenvalue weighted by atomic mass is 9.98. The van der Waals surface area contributed by atoms with Crippen LogP contribution < -0.4 is 20.4 Å². The number of nitrogens with one attached hydrogen (secondary N) is 2. The fourth-order valence-electron chi connectivity index (χ4n) is 10.3. The molecule has 0 bridgehead atoms. The normalized spacial score (nSPS) is 20.1. The molecule has 5 heterocycles. The lowest BCUT2D eigenvalue weighted by Gasteiger charge is -2.41. The molecule has 0 amide bonds. The highest BCUT2D eigenvalue weighted by Crippen LogP contribution is 2.53. The summed E-state index contributed by atoms with van der Waals surface area (Å²) in [6.07, 6.45) is 8.59. The van der Waals surface area contributed by atoms with Gasteiger partial charge in [0.05, 0.1) is 40.4 Å². The first-order valence-electron chi connectivity index (χ1n) is 22.1. The molecule has 7 aromatic carbocycles. The van der Waals surface area contributed by atoms with Gasteiger partial charge in [-0.05, 0) is 65.7 Å². The van der Waals surface area contributed by atoms with Gasteiger partial charge in [-0.3, -0.25) is 9.47 Å². The van der Waals surface area contributed by atoms with Gasteiger partial charge in [0.15, 0.2) is 0 Å². The molecule has 0 radical (unpaired) electrons. The highest BCUT2D eigenvalue weighted by Gasteiger charge is 2.38. The molecule has 0 spiro atoms. The van der Waals surface area contributed by atoms with Crippen LogP contribution in [0.4, 0.5) is 17.1 Å². The van der Waals surface area contributed by atoms with Crippen LogP contribution in [-0.4, -0.2) is 41.6 Å². The molecular formula is C57H47N7. The zero-order valence-corrected chi connectivity index (χ0v) is 35.8. The van der Waals surface area contributed by atoms with Crippen molar-refractivity contribution in [1.82, 2.24) is 20.1 Å². The molecule has 4 aliphatic rings. The molecule has 0 aliphatic carbocycles. The third-order valence-electron chi connectivity index (χ3n) is 13.3. The van der Waals surface area contributed by atoms with Gasteiger partial charge in [0.1, 0.15) is 12.0 Å². The molecule has 1 aromatic heterocycles. The Morgan fingerprint density at radius 1 is 0.547 bits per heavy atom. The summed E-state index contributed by atoms with van der Waals surface area (Å²) in [6, 6.07) is 67.5. The Kier molecular flexibility index (Phi) is 9.16. The predicted molar refractivity (Wildman–Crippen MR) is 265 cm³/mol.